The molecule has 1 fully saturated rings. The molecule has 6 rings (SSSR count). The van der Waals surface area contributed by atoms with Crippen LogP contribution in [0.25, 0.3) is 5.82 Å². The molecule has 2 unspecified atom stereocenters. The Morgan fingerprint density at radius 3 is 2.79 bits per heavy atom. The van der Waals surface area contributed by atoms with Crippen LogP contribution in [0.4, 0.5) is 19.0 Å². The number of amides is 2. The molecule has 222 valence electrons. The third-order valence-corrected chi connectivity index (χ3v) is 10.0. The Bertz CT molecular complexity index is 1690. The number of hydrogen-bond acceptors (Lipinski definition) is 7. The zero-order chi connectivity index (χ0) is 29.9. The standard InChI is InChI=1S/C28H29F3N6O4S/c1-42(40)9-7-18(14-42)25(38)34-24-23-21(36-37(24)22-5-2-16(12-32)13-33-22)11-27(35-26(23)39)8-6-17-10-19(3-4-20(17)27)41-15-28(29,30)31/h2-5,10,13,18H,1,6-9,11-12,14-15,32H2,(H,34,38)(H,35,39)/t18?,27-,42?/m0/s1. The van der Waals surface area contributed by atoms with Crippen molar-refractivity contribution in [3.8, 4) is 11.6 Å². The van der Waals surface area contributed by atoms with E-state index >= 15 is 0 Å². The van der Waals surface area contributed by atoms with E-state index < -0.39 is 39.7 Å². The molecule has 14 heteroatoms. The molecule has 0 saturated carbocycles. The summed E-state index contributed by atoms with van der Waals surface area (Å²) in [5.74, 6) is 3.54. The summed E-state index contributed by atoms with van der Waals surface area (Å²) in [7, 11) is -2.33. The molecule has 2 aromatic heterocycles. The summed E-state index contributed by atoms with van der Waals surface area (Å²) < 4.78 is 56.7. The molecular formula is C28H29F3N6O4S. The zero-order valence-electron chi connectivity index (χ0n) is 22.5. The van der Waals surface area contributed by atoms with Crippen LogP contribution in [0.3, 0.4) is 0 Å². The van der Waals surface area contributed by atoms with Gasteiger partial charge in [0, 0.05) is 30.7 Å². The minimum atomic E-state index is -4.45. The number of rotatable bonds is 6. The fourth-order valence-corrected chi connectivity index (χ4v) is 7.92. The van der Waals surface area contributed by atoms with Gasteiger partial charge < -0.3 is 21.1 Å². The second-order valence-electron chi connectivity index (χ2n) is 11.1. The van der Waals surface area contributed by atoms with Crippen LogP contribution in [-0.4, -0.2) is 60.9 Å². The quantitative estimate of drug-likeness (QED) is 0.368. The normalized spacial score (nSPS) is 24.8. The van der Waals surface area contributed by atoms with Gasteiger partial charge in [0.05, 0.1) is 17.2 Å². The average Bonchev–Trinajstić information content (AvgIpc) is 3.60. The molecule has 4 N–H and O–H groups in total. The van der Waals surface area contributed by atoms with Gasteiger partial charge in [-0.2, -0.15) is 23.0 Å². The van der Waals surface area contributed by atoms with Gasteiger partial charge in [-0.05, 0) is 69.5 Å². The summed E-state index contributed by atoms with van der Waals surface area (Å²) in [5, 5.41) is 10.7. The van der Waals surface area contributed by atoms with Crippen molar-refractivity contribution in [1.82, 2.24) is 20.1 Å². The lowest BCUT2D eigenvalue weighted by atomic mass is 9.82. The molecule has 0 radical (unpaired) electrons. The molecule has 1 aromatic carbocycles. The third-order valence-electron chi connectivity index (χ3n) is 8.04. The van der Waals surface area contributed by atoms with Gasteiger partial charge in [-0.25, -0.2) is 4.98 Å². The van der Waals surface area contributed by atoms with Crippen molar-refractivity contribution in [3.05, 3.63) is 64.5 Å². The number of aryl methyl sites for hydroxylation is 1. The van der Waals surface area contributed by atoms with Gasteiger partial charge in [-0.3, -0.25) is 13.8 Å². The number of aromatic nitrogens is 3. The van der Waals surface area contributed by atoms with Gasteiger partial charge in [0.15, 0.2) is 18.2 Å². The molecule has 2 amide bonds. The maximum absolute atomic E-state index is 13.7. The Morgan fingerprint density at radius 2 is 2.12 bits per heavy atom. The molecule has 1 aliphatic carbocycles. The maximum atomic E-state index is 13.7. The van der Waals surface area contributed by atoms with Crippen LogP contribution in [0.5, 0.6) is 5.75 Å². The number of carbonyl (C=O) groups excluding carboxylic acids is 2. The Morgan fingerprint density at radius 1 is 1.31 bits per heavy atom. The molecule has 4 heterocycles. The highest BCUT2D eigenvalue weighted by Gasteiger charge is 2.47. The van der Waals surface area contributed by atoms with Crippen molar-refractivity contribution in [2.24, 2.45) is 11.7 Å². The van der Waals surface area contributed by atoms with E-state index in [1.165, 1.54) is 10.7 Å². The molecule has 1 saturated heterocycles. The van der Waals surface area contributed by atoms with E-state index in [-0.39, 0.29) is 41.8 Å². The fraction of sp³-hybridized carbons (Fsp3) is 0.393. The van der Waals surface area contributed by atoms with E-state index in [0.29, 0.717) is 36.5 Å². The van der Waals surface area contributed by atoms with Crippen molar-refractivity contribution in [2.75, 3.05) is 23.4 Å². The predicted octanol–water partition coefficient (Wildman–Crippen LogP) is 2.47. The maximum Gasteiger partial charge on any atom is 0.422 e. The van der Waals surface area contributed by atoms with Crippen LogP contribution in [0, 0.1) is 5.92 Å². The van der Waals surface area contributed by atoms with Gasteiger partial charge in [0.25, 0.3) is 5.91 Å². The first-order valence-corrected chi connectivity index (χ1v) is 15.5. The Hall–Kier alpha value is -3.91. The summed E-state index contributed by atoms with van der Waals surface area (Å²) in [6.07, 6.45) is -1.13. The number of nitrogens with zero attached hydrogens (tertiary/aromatic N) is 3. The second-order valence-corrected chi connectivity index (χ2v) is 13.7. The van der Waals surface area contributed by atoms with E-state index in [1.54, 1.807) is 30.5 Å². The van der Waals surface area contributed by atoms with Gasteiger partial charge >= 0.3 is 6.18 Å². The van der Waals surface area contributed by atoms with Gasteiger partial charge in [0.1, 0.15) is 11.3 Å². The van der Waals surface area contributed by atoms with Crippen LogP contribution in [-0.2, 0) is 39.2 Å². The van der Waals surface area contributed by atoms with E-state index in [4.69, 9.17) is 15.6 Å². The van der Waals surface area contributed by atoms with Crippen molar-refractivity contribution in [2.45, 2.75) is 43.9 Å². The molecule has 10 nitrogen and oxygen atoms in total. The molecule has 3 aromatic rings. The summed E-state index contributed by atoms with van der Waals surface area (Å²) >= 11 is 0. The van der Waals surface area contributed by atoms with Crippen LogP contribution in [0.1, 0.15) is 45.6 Å². The van der Waals surface area contributed by atoms with Crippen LogP contribution >= 0.6 is 0 Å². The molecule has 1 spiro atoms. The number of benzene rings is 1. The highest BCUT2D eigenvalue weighted by Crippen LogP contribution is 2.44. The number of fused-ring (bicyclic) bond motifs is 3. The largest absolute Gasteiger partial charge is 0.484 e. The van der Waals surface area contributed by atoms with Crippen molar-refractivity contribution in [3.63, 3.8) is 0 Å². The molecule has 2 aliphatic heterocycles. The molecule has 3 aliphatic rings. The summed E-state index contributed by atoms with van der Waals surface area (Å²) in [6.45, 7) is -1.11. The average molecular weight is 603 g/mol. The number of anilines is 1. The first-order valence-electron chi connectivity index (χ1n) is 13.4. The van der Waals surface area contributed by atoms with E-state index in [2.05, 4.69) is 21.5 Å². The van der Waals surface area contributed by atoms with Crippen molar-refractivity contribution >= 4 is 33.0 Å². The smallest absolute Gasteiger partial charge is 0.422 e. The van der Waals surface area contributed by atoms with Crippen LogP contribution < -0.4 is 21.1 Å². The Balaban J connectivity index is 1.35. The highest BCUT2D eigenvalue weighted by atomic mass is 32.2. The first-order chi connectivity index (χ1) is 19.9. The van der Waals surface area contributed by atoms with E-state index in [0.717, 1.165) is 16.7 Å². The number of nitrogens with two attached hydrogens (primary N) is 1. The lowest BCUT2D eigenvalue weighted by Gasteiger charge is -2.35. The van der Waals surface area contributed by atoms with E-state index in [9.17, 15) is 27.0 Å². The number of hydrogen-bond donors (Lipinski definition) is 3. The van der Waals surface area contributed by atoms with Crippen LogP contribution in [0.2, 0.25) is 0 Å². The van der Waals surface area contributed by atoms with Crippen LogP contribution in [0.15, 0.2) is 36.5 Å². The number of nitrogens with one attached hydrogen (secondary N) is 2. The summed E-state index contributed by atoms with van der Waals surface area (Å²) in [5.41, 5.74) is 7.88. The zero-order valence-corrected chi connectivity index (χ0v) is 23.3. The summed E-state index contributed by atoms with van der Waals surface area (Å²) in [6, 6.07) is 8.19. The minimum absolute atomic E-state index is 0.102. The number of ether oxygens (including phenoxy) is 1. The Kier molecular flexibility index (Phi) is 6.80. The molecule has 42 heavy (non-hydrogen) atoms. The highest BCUT2D eigenvalue weighted by molar-refractivity contribution is 8.00. The third kappa shape index (κ3) is 5.24. The molecule has 0 bridgehead atoms. The number of pyridine rings is 1. The minimum Gasteiger partial charge on any atom is -0.484 e. The van der Waals surface area contributed by atoms with Gasteiger partial charge in [-0.1, -0.05) is 12.1 Å². The predicted molar refractivity (Wildman–Crippen MR) is 150 cm³/mol. The Labute approximate surface area is 239 Å². The summed E-state index contributed by atoms with van der Waals surface area (Å²) in [4.78, 5) is 31.5. The number of carbonyl (C=O) groups is 2. The van der Waals surface area contributed by atoms with E-state index in [1.807, 2.05) is 0 Å². The molecular weight excluding hydrogens is 573 g/mol. The monoisotopic (exact) mass is 602 g/mol. The first kappa shape index (κ1) is 28.2. The molecule has 3 atom stereocenters. The number of alkyl halides is 3. The number of halogens is 3. The van der Waals surface area contributed by atoms with Gasteiger partial charge in [-0.15, -0.1) is 0 Å². The lowest BCUT2D eigenvalue weighted by molar-refractivity contribution is -0.153. The van der Waals surface area contributed by atoms with Gasteiger partial charge in [0.2, 0.25) is 5.91 Å². The fourth-order valence-electron chi connectivity index (χ4n) is 5.99. The topological polar surface area (TPSA) is 141 Å². The lowest BCUT2D eigenvalue weighted by Crippen LogP contribution is -2.50. The SMILES string of the molecule is C=S1(=O)CCC(C(=O)Nc2c3c(nn2-c2ccc(CN)cn2)C[C@]2(CCc4cc(OCC(F)(F)F)ccc42)NC3=O)C1. The van der Waals surface area contributed by atoms with Crippen molar-refractivity contribution < 1.29 is 31.7 Å². The second kappa shape index (κ2) is 10.1. The van der Waals surface area contributed by atoms with Crippen molar-refractivity contribution in [1.29, 1.82) is 0 Å².